The highest BCUT2D eigenvalue weighted by Crippen LogP contribution is 2.20. The molecule has 4 heteroatoms. The highest BCUT2D eigenvalue weighted by Gasteiger charge is 2.18. The SMILES string of the molecule is CCOC(=O)c1cccn1CCC(C)(C)C#N. The van der Waals surface area contributed by atoms with Gasteiger partial charge >= 0.3 is 5.97 Å². The van der Waals surface area contributed by atoms with Crippen molar-refractivity contribution in [1.82, 2.24) is 4.57 Å². The number of aromatic nitrogens is 1. The maximum Gasteiger partial charge on any atom is 0.354 e. The number of hydrogen-bond acceptors (Lipinski definition) is 3. The van der Waals surface area contributed by atoms with Crippen molar-refractivity contribution in [3.8, 4) is 6.07 Å². The summed E-state index contributed by atoms with van der Waals surface area (Å²) in [5.74, 6) is -0.313. The lowest BCUT2D eigenvalue weighted by molar-refractivity contribution is 0.0513. The summed E-state index contributed by atoms with van der Waals surface area (Å²) in [4.78, 5) is 11.6. The minimum absolute atomic E-state index is 0.313. The van der Waals surface area contributed by atoms with Crippen LogP contribution in [0.1, 0.15) is 37.7 Å². The van der Waals surface area contributed by atoms with Crippen LogP contribution in [0.4, 0.5) is 0 Å². The van der Waals surface area contributed by atoms with Crippen LogP contribution in [0.15, 0.2) is 18.3 Å². The molecule has 92 valence electrons. The predicted octanol–water partition coefficient (Wildman–Crippen LogP) is 2.60. The summed E-state index contributed by atoms with van der Waals surface area (Å²) < 4.78 is 6.79. The Morgan fingerprint density at radius 1 is 1.59 bits per heavy atom. The number of nitrogens with zero attached hydrogens (tertiary/aromatic N) is 2. The molecule has 0 aliphatic rings. The van der Waals surface area contributed by atoms with Crippen LogP contribution in [0.5, 0.6) is 0 Å². The van der Waals surface area contributed by atoms with E-state index in [2.05, 4.69) is 6.07 Å². The number of aryl methyl sites for hydroxylation is 1. The zero-order chi connectivity index (χ0) is 12.9. The van der Waals surface area contributed by atoms with Gasteiger partial charge in [0.25, 0.3) is 0 Å². The minimum atomic E-state index is -0.379. The summed E-state index contributed by atoms with van der Waals surface area (Å²) in [7, 11) is 0. The van der Waals surface area contributed by atoms with Crippen molar-refractivity contribution in [1.29, 1.82) is 5.26 Å². The van der Waals surface area contributed by atoms with Crippen LogP contribution in [0.3, 0.4) is 0 Å². The Morgan fingerprint density at radius 2 is 2.29 bits per heavy atom. The first-order valence-electron chi connectivity index (χ1n) is 5.73. The van der Waals surface area contributed by atoms with Gasteiger partial charge in [-0.2, -0.15) is 5.26 Å². The van der Waals surface area contributed by atoms with Gasteiger partial charge in [0.15, 0.2) is 0 Å². The lowest BCUT2D eigenvalue weighted by Gasteiger charge is -2.16. The molecule has 4 nitrogen and oxygen atoms in total. The first-order valence-corrected chi connectivity index (χ1v) is 5.73. The maximum atomic E-state index is 11.6. The molecule has 0 aromatic carbocycles. The van der Waals surface area contributed by atoms with Gasteiger partial charge in [0.1, 0.15) is 5.69 Å². The lowest BCUT2D eigenvalue weighted by Crippen LogP contribution is -2.16. The van der Waals surface area contributed by atoms with E-state index in [1.165, 1.54) is 0 Å². The van der Waals surface area contributed by atoms with Crippen molar-refractivity contribution in [3.63, 3.8) is 0 Å². The Kier molecular flexibility index (Phi) is 4.33. The molecule has 0 saturated carbocycles. The number of carbonyl (C=O) groups is 1. The summed E-state index contributed by atoms with van der Waals surface area (Å²) in [6.07, 6.45) is 2.53. The smallest absolute Gasteiger partial charge is 0.354 e. The molecule has 1 heterocycles. The van der Waals surface area contributed by atoms with E-state index < -0.39 is 0 Å². The highest BCUT2D eigenvalue weighted by molar-refractivity contribution is 5.87. The average Bonchev–Trinajstić information content (AvgIpc) is 2.75. The number of rotatable bonds is 5. The van der Waals surface area contributed by atoms with Crippen molar-refractivity contribution in [2.24, 2.45) is 5.41 Å². The molecule has 0 fully saturated rings. The number of hydrogen-bond donors (Lipinski definition) is 0. The van der Waals surface area contributed by atoms with Crippen LogP contribution >= 0.6 is 0 Å². The fourth-order valence-electron chi connectivity index (χ4n) is 1.46. The fraction of sp³-hybridized carbons (Fsp3) is 0.538. The van der Waals surface area contributed by atoms with Gasteiger partial charge < -0.3 is 9.30 Å². The second-order valence-electron chi connectivity index (χ2n) is 4.55. The molecule has 0 aliphatic heterocycles. The molecule has 0 amide bonds. The van der Waals surface area contributed by atoms with Crippen LogP contribution in [0, 0.1) is 16.7 Å². The van der Waals surface area contributed by atoms with Gasteiger partial charge in [0.05, 0.1) is 18.1 Å². The second-order valence-corrected chi connectivity index (χ2v) is 4.55. The molecule has 1 rings (SSSR count). The van der Waals surface area contributed by atoms with Crippen LogP contribution < -0.4 is 0 Å². The van der Waals surface area contributed by atoms with E-state index in [1.807, 2.05) is 30.7 Å². The van der Waals surface area contributed by atoms with E-state index in [0.717, 1.165) is 0 Å². The van der Waals surface area contributed by atoms with Gasteiger partial charge in [-0.15, -0.1) is 0 Å². The number of esters is 1. The quantitative estimate of drug-likeness (QED) is 0.736. The fourth-order valence-corrected chi connectivity index (χ4v) is 1.46. The summed E-state index contributed by atoms with van der Waals surface area (Å²) in [6.45, 7) is 6.57. The van der Waals surface area contributed by atoms with Crippen LogP contribution in [-0.2, 0) is 11.3 Å². The first kappa shape index (κ1) is 13.3. The number of nitriles is 1. The predicted molar refractivity (Wildman–Crippen MR) is 64.4 cm³/mol. The van der Waals surface area contributed by atoms with Gasteiger partial charge in [-0.1, -0.05) is 0 Å². The largest absolute Gasteiger partial charge is 0.461 e. The third kappa shape index (κ3) is 3.63. The summed E-state index contributed by atoms with van der Waals surface area (Å²) in [5, 5.41) is 8.93. The average molecular weight is 234 g/mol. The van der Waals surface area contributed by atoms with Crippen LogP contribution in [0.2, 0.25) is 0 Å². The van der Waals surface area contributed by atoms with Gasteiger partial charge in [0.2, 0.25) is 0 Å². The standard InChI is InChI=1S/C13H18N2O2/c1-4-17-12(16)11-6-5-8-15(11)9-7-13(2,3)10-14/h5-6,8H,4,7,9H2,1-3H3. The van der Waals surface area contributed by atoms with Gasteiger partial charge in [-0.25, -0.2) is 4.79 Å². The number of ether oxygens (including phenoxy) is 1. The summed E-state index contributed by atoms with van der Waals surface area (Å²) >= 11 is 0. The molecule has 0 radical (unpaired) electrons. The zero-order valence-electron chi connectivity index (χ0n) is 10.6. The Labute approximate surface area is 102 Å². The number of carbonyl (C=O) groups excluding carboxylic acids is 1. The second kappa shape index (κ2) is 5.53. The molecule has 0 N–H and O–H groups in total. The summed E-state index contributed by atoms with van der Waals surface area (Å²) in [6, 6.07) is 5.79. The van der Waals surface area contributed by atoms with E-state index in [4.69, 9.17) is 10.00 Å². The molecular weight excluding hydrogens is 216 g/mol. The Bertz CT molecular complexity index is 427. The third-order valence-electron chi connectivity index (χ3n) is 2.59. The summed E-state index contributed by atoms with van der Waals surface area (Å²) in [5.41, 5.74) is 0.163. The monoisotopic (exact) mass is 234 g/mol. The van der Waals surface area contributed by atoms with Crippen molar-refractivity contribution >= 4 is 5.97 Å². The molecule has 0 aliphatic carbocycles. The van der Waals surface area contributed by atoms with E-state index in [1.54, 1.807) is 13.0 Å². The van der Waals surface area contributed by atoms with Crippen LogP contribution in [0.25, 0.3) is 0 Å². The van der Waals surface area contributed by atoms with Crippen molar-refractivity contribution in [2.75, 3.05) is 6.61 Å². The Hall–Kier alpha value is -1.76. The van der Waals surface area contributed by atoms with Crippen molar-refractivity contribution in [2.45, 2.75) is 33.7 Å². The maximum absolute atomic E-state index is 11.6. The molecule has 17 heavy (non-hydrogen) atoms. The normalized spacial score (nSPS) is 10.9. The van der Waals surface area contributed by atoms with E-state index in [-0.39, 0.29) is 11.4 Å². The molecule has 0 unspecified atom stereocenters. The van der Waals surface area contributed by atoms with Crippen molar-refractivity contribution in [3.05, 3.63) is 24.0 Å². The lowest BCUT2D eigenvalue weighted by atomic mass is 9.91. The third-order valence-corrected chi connectivity index (χ3v) is 2.59. The Balaban J connectivity index is 2.70. The van der Waals surface area contributed by atoms with E-state index in [9.17, 15) is 4.79 Å². The van der Waals surface area contributed by atoms with Gasteiger partial charge in [-0.3, -0.25) is 0 Å². The Morgan fingerprint density at radius 3 is 2.88 bits per heavy atom. The van der Waals surface area contributed by atoms with E-state index >= 15 is 0 Å². The highest BCUT2D eigenvalue weighted by atomic mass is 16.5. The first-order chi connectivity index (χ1) is 8.00. The molecular formula is C13H18N2O2. The minimum Gasteiger partial charge on any atom is -0.461 e. The zero-order valence-corrected chi connectivity index (χ0v) is 10.6. The topological polar surface area (TPSA) is 55.0 Å². The molecule has 1 aromatic rings. The molecule has 1 aromatic heterocycles. The van der Waals surface area contributed by atoms with Gasteiger partial charge in [0, 0.05) is 12.7 Å². The molecule has 0 spiro atoms. The van der Waals surface area contributed by atoms with Crippen LogP contribution in [-0.4, -0.2) is 17.1 Å². The van der Waals surface area contributed by atoms with Gasteiger partial charge in [-0.05, 0) is 39.3 Å². The molecule has 0 atom stereocenters. The molecule has 0 saturated heterocycles. The molecule has 0 bridgehead atoms. The van der Waals surface area contributed by atoms with E-state index in [0.29, 0.717) is 25.3 Å². The van der Waals surface area contributed by atoms with Crippen molar-refractivity contribution < 1.29 is 9.53 Å².